The third-order valence-corrected chi connectivity index (χ3v) is 5.71. The normalized spacial score (nSPS) is 24.1. The minimum atomic E-state index is -0.855. The molecule has 0 radical (unpaired) electrons. The molecule has 2 heterocycles. The minimum Gasteiger partial charge on any atom is -0.366 e. The van der Waals surface area contributed by atoms with Crippen LogP contribution >= 0.6 is 15.9 Å². The number of hydrogen-bond donors (Lipinski definition) is 1. The van der Waals surface area contributed by atoms with Gasteiger partial charge >= 0.3 is 0 Å². The number of anilines is 2. The summed E-state index contributed by atoms with van der Waals surface area (Å²) in [5.74, 6) is -0.0384. The van der Waals surface area contributed by atoms with E-state index in [1.807, 2.05) is 49.4 Å². The summed E-state index contributed by atoms with van der Waals surface area (Å²) in [5, 5.41) is 9.60. The first-order valence-electron chi connectivity index (χ1n) is 7.91. The molecule has 2 aliphatic rings. The van der Waals surface area contributed by atoms with Crippen LogP contribution in [0.4, 0.5) is 11.4 Å². The number of hydrogen-bond acceptors (Lipinski definition) is 3. The third-order valence-electron chi connectivity index (χ3n) is 5.22. The molecule has 1 N–H and O–H groups in total. The maximum Gasteiger partial charge on any atom is 0.279 e. The van der Waals surface area contributed by atoms with E-state index >= 15 is 0 Å². The Morgan fingerprint density at radius 3 is 2.54 bits per heavy atom. The third kappa shape index (κ3) is 1.79. The van der Waals surface area contributed by atoms with Gasteiger partial charge < -0.3 is 5.32 Å². The molecule has 0 bridgehead atoms. The van der Waals surface area contributed by atoms with Crippen LogP contribution < -0.4 is 10.3 Å². The predicted octanol–water partition coefficient (Wildman–Crippen LogP) is 4.31. The van der Waals surface area contributed by atoms with E-state index in [1.54, 1.807) is 0 Å². The molecular formula is C19H18BrN3O. The lowest BCUT2D eigenvalue weighted by molar-refractivity contribution is -0.121. The average Bonchev–Trinajstić information content (AvgIpc) is 2.96. The summed E-state index contributed by atoms with van der Waals surface area (Å²) in [4.78, 5) is 13.4. The van der Waals surface area contributed by atoms with Gasteiger partial charge in [-0.25, -0.2) is 0 Å². The Morgan fingerprint density at radius 1 is 1.12 bits per heavy atom. The Morgan fingerprint density at radius 2 is 1.83 bits per heavy atom. The number of carbonyl (C=O) groups excluding carboxylic acids is 1. The van der Waals surface area contributed by atoms with Crippen LogP contribution in [0.2, 0.25) is 0 Å². The molecule has 0 aliphatic carbocycles. The second kappa shape index (κ2) is 4.93. The monoisotopic (exact) mass is 383 g/mol. The maximum atomic E-state index is 13.4. The first-order valence-corrected chi connectivity index (χ1v) is 8.71. The zero-order valence-corrected chi connectivity index (χ0v) is 15.4. The van der Waals surface area contributed by atoms with E-state index in [-0.39, 0.29) is 5.91 Å². The molecule has 1 unspecified atom stereocenters. The van der Waals surface area contributed by atoms with Gasteiger partial charge in [0.2, 0.25) is 0 Å². The fourth-order valence-electron chi connectivity index (χ4n) is 3.89. The van der Waals surface area contributed by atoms with Gasteiger partial charge in [0.05, 0.1) is 11.4 Å². The van der Waals surface area contributed by atoms with Gasteiger partial charge in [-0.1, -0.05) is 48.0 Å². The van der Waals surface area contributed by atoms with Crippen molar-refractivity contribution in [2.45, 2.75) is 31.7 Å². The first-order chi connectivity index (χ1) is 11.4. The maximum absolute atomic E-state index is 13.4. The number of amides is 1. The highest BCUT2D eigenvalue weighted by atomic mass is 79.9. The summed E-state index contributed by atoms with van der Waals surface area (Å²) < 4.78 is 1.01. The van der Waals surface area contributed by atoms with Crippen molar-refractivity contribution in [1.29, 1.82) is 0 Å². The smallest absolute Gasteiger partial charge is 0.279 e. The van der Waals surface area contributed by atoms with Crippen molar-refractivity contribution in [3.8, 4) is 0 Å². The first kappa shape index (κ1) is 15.4. The molecule has 1 spiro atoms. The van der Waals surface area contributed by atoms with Crippen molar-refractivity contribution in [2.75, 3.05) is 10.3 Å². The summed E-state index contributed by atoms with van der Waals surface area (Å²) in [7, 11) is 0. The van der Waals surface area contributed by atoms with Crippen molar-refractivity contribution in [2.24, 2.45) is 5.10 Å². The topological polar surface area (TPSA) is 44.7 Å². The fraction of sp³-hybridized carbons (Fsp3) is 0.263. The number of fused-ring (bicyclic) bond motifs is 1. The highest BCUT2D eigenvalue weighted by molar-refractivity contribution is 9.10. The Kier molecular flexibility index (Phi) is 3.16. The van der Waals surface area contributed by atoms with Crippen molar-refractivity contribution >= 4 is 38.9 Å². The number of benzene rings is 2. The molecule has 2 aliphatic heterocycles. The molecule has 5 heteroatoms. The number of hydrazone groups is 1. The molecule has 2 aromatic carbocycles. The van der Waals surface area contributed by atoms with Crippen LogP contribution in [0.5, 0.6) is 0 Å². The Balaban J connectivity index is 1.85. The number of halogens is 1. The number of nitrogens with one attached hydrogen (secondary N) is 1. The quantitative estimate of drug-likeness (QED) is 0.796. The van der Waals surface area contributed by atoms with Crippen LogP contribution in [-0.4, -0.2) is 17.2 Å². The van der Waals surface area contributed by atoms with Crippen molar-refractivity contribution in [3.63, 3.8) is 0 Å². The fourth-order valence-corrected chi connectivity index (χ4v) is 4.26. The van der Waals surface area contributed by atoms with Gasteiger partial charge in [0.25, 0.3) is 5.91 Å². The van der Waals surface area contributed by atoms with Crippen LogP contribution in [-0.2, 0) is 10.2 Å². The second-order valence-electron chi connectivity index (χ2n) is 6.83. The lowest BCUT2D eigenvalue weighted by atomic mass is 9.68. The average molecular weight is 384 g/mol. The molecule has 4 rings (SSSR count). The molecule has 2 aromatic rings. The summed E-state index contributed by atoms with van der Waals surface area (Å²) >= 11 is 3.54. The highest BCUT2D eigenvalue weighted by Crippen LogP contribution is 2.51. The summed E-state index contributed by atoms with van der Waals surface area (Å²) in [6, 6.07) is 15.7. The zero-order chi connectivity index (χ0) is 17.1. The molecule has 0 saturated heterocycles. The molecule has 1 amide bonds. The molecule has 0 fully saturated rings. The molecular weight excluding hydrogens is 366 g/mol. The SMILES string of the molecule is CC1=NN(c2ccccc2)C(=O)C12Nc1ccc(Br)cc1C2(C)C. The highest BCUT2D eigenvalue weighted by Gasteiger charge is 2.63. The number of para-hydroxylation sites is 1. The van der Waals surface area contributed by atoms with E-state index in [0.717, 1.165) is 27.1 Å². The number of rotatable bonds is 1. The Bertz CT molecular complexity index is 875. The van der Waals surface area contributed by atoms with Gasteiger partial charge in [-0.05, 0) is 42.8 Å². The van der Waals surface area contributed by atoms with Crippen LogP contribution in [0.15, 0.2) is 58.1 Å². The molecule has 0 aromatic heterocycles. The predicted molar refractivity (Wildman–Crippen MR) is 101 cm³/mol. The van der Waals surface area contributed by atoms with E-state index in [9.17, 15) is 4.79 Å². The van der Waals surface area contributed by atoms with Gasteiger partial charge in [-0.15, -0.1) is 0 Å². The van der Waals surface area contributed by atoms with E-state index in [2.05, 4.69) is 46.3 Å². The molecule has 0 saturated carbocycles. The van der Waals surface area contributed by atoms with Gasteiger partial charge in [0.15, 0.2) is 5.54 Å². The van der Waals surface area contributed by atoms with Crippen molar-refractivity contribution in [1.82, 2.24) is 0 Å². The summed E-state index contributed by atoms with van der Waals surface area (Å²) in [5.41, 5.74) is 2.41. The standard InChI is InChI=1S/C19H18BrN3O/c1-12-19(17(24)23(22-12)14-7-5-4-6-8-14)18(2,3)15-11-13(20)9-10-16(15)21-19/h4-11,21H,1-3H3. The van der Waals surface area contributed by atoms with Crippen LogP contribution in [0.25, 0.3) is 0 Å². The van der Waals surface area contributed by atoms with Gasteiger partial charge in [0, 0.05) is 15.6 Å². The number of carbonyl (C=O) groups is 1. The van der Waals surface area contributed by atoms with Gasteiger partial charge in [-0.2, -0.15) is 10.1 Å². The largest absolute Gasteiger partial charge is 0.366 e. The van der Waals surface area contributed by atoms with Crippen molar-refractivity contribution < 1.29 is 4.79 Å². The van der Waals surface area contributed by atoms with Crippen LogP contribution in [0.3, 0.4) is 0 Å². The zero-order valence-electron chi connectivity index (χ0n) is 13.8. The number of nitrogens with zero attached hydrogens (tertiary/aromatic N) is 2. The Labute approximate surface area is 149 Å². The molecule has 1 atom stereocenters. The minimum absolute atomic E-state index is 0.0384. The van der Waals surface area contributed by atoms with E-state index < -0.39 is 11.0 Å². The van der Waals surface area contributed by atoms with E-state index in [0.29, 0.717) is 0 Å². The van der Waals surface area contributed by atoms with Crippen LogP contribution in [0, 0.1) is 0 Å². The second-order valence-corrected chi connectivity index (χ2v) is 7.74. The molecule has 4 nitrogen and oxygen atoms in total. The lowest BCUT2D eigenvalue weighted by Crippen LogP contribution is -2.60. The summed E-state index contributed by atoms with van der Waals surface area (Å²) in [6.45, 7) is 6.13. The van der Waals surface area contributed by atoms with Crippen LogP contribution in [0.1, 0.15) is 26.3 Å². The lowest BCUT2D eigenvalue weighted by Gasteiger charge is -2.37. The van der Waals surface area contributed by atoms with Crippen molar-refractivity contribution in [3.05, 3.63) is 58.6 Å². The van der Waals surface area contributed by atoms with Gasteiger partial charge in [0.1, 0.15) is 0 Å². The summed E-state index contributed by atoms with van der Waals surface area (Å²) in [6.07, 6.45) is 0. The molecule has 24 heavy (non-hydrogen) atoms. The van der Waals surface area contributed by atoms with E-state index in [4.69, 9.17) is 0 Å². The van der Waals surface area contributed by atoms with Gasteiger partial charge in [-0.3, -0.25) is 4.79 Å². The van der Waals surface area contributed by atoms with E-state index in [1.165, 1.54) is 5.01 Å². The Hall–Kier alpha value is -2.14. The molecule has 122 valence electrons.